The number of nitrogens with two attached hydrogens (primary N) is 1. The summed E-state index contributed by atoms with van der Waals surface area (Å²) in [6.07, 6.45) is 5.38. The van der Waals surface area contributed by atoms with Crippen LogP contribution in [0, 0.1) is 5.92 Å². The fraction of sp³-hybridized carbons (Fsp3) is 0.333. The molecule has 1 saturated carbocycles. The van der Waals surface area contributed by atoms with Crippen molar-refractivity contribution in [1.29, 1.82) is 0 Å². The molecular weight excluding hydrogens is 362 g/mol. The molecule has 2 aromatic carbocycles. The first-order chi connectivity index (χ1) is 12.7. The van der Waals surface area contributed by atoms with Crippen molar-refractivity contribution in [3.63, 3.8) is 0 Å². The van der Waals surface area contributed by atoms with Crippen LogP contribution in [0.25, 0.3) is 0 Å². The van der Waals surface area contributed by atoms with Crippen molar-refractivity contribution in [2.75, 3.05) is 10.6 Å². The van der Waals surface area contributed by atoms with Gasteiger partial charge >= 0.3 is 0 Å². The zero-order chi connectivity index (χ0) is 18.4. The Morgan fingerprint density at radius 3 is 2.19 bits per heavy atom. The van der Waals surface area contributed by atoms with E-state index in [2.05, 4.69) is 10.6 Å². The smallest absolute Gasteiger partial charge is 0.255 e. The monoisotopic (exact) mass is 387 g/mol. The quantitative estimate of drug-likeness (QED) is 0.713. The molecule has 0 unspecified atom stereocenters. The lowest BCUT2D eigenvalue weighted by Gasteiger charge is -2.20. The van der Waals surface area contributed by atoms with Crippen LogP contribution >= 0.6 is 12.4 Å². The molecule has 0 atom stereocenters. The van der Waals surface area contributed by atoms with Gasteiger partial charge in [0.25, 0.3) is 5.91 Å². The van der Waals surface area contributed by atoms with Crippen LogP contribution in [0.3, 0.4) is 0 Å². The molecule has 1 aliphatic rings. The molecule has 1 fully saturated rings. The van der Waals surface area contributed by atoms with Crippen LogP contribution in [0.4, 0.5) is 11.4 Å². The van der Waals surface area contributed by atoms with E-state index in [9.17, 15) is 9.59 Å². The highest BCUT2D eigenvalue weighted by atomic mass is 35.5. The van der Waals surface area contributed by atoms with Crippen molar-refractivity contribution in [1.82, 2.24) is 0 Å². The molecular formula is C21H26ClN3O2. The van der Waals surface area contributed by atoms with E-state index in [4.69, 9.17) is 5.73 Å². The molecule has 4 N–H and O–H groups in total. The lowest BCUT2D eigenvalue weighted by Crippen LogP contribution is -2.24. The van der Waals surface area contributed by atoms with Gasteiger partial charge in [0.2, 0.25) is 5.91 Å². The second-order valence-electron chi connectivity index (χ2n) is 6.76. The third kappa shape index (κ3) is 5.81. The maximum atomic E-state index is 12.4. The summed E-state index contributed by atoms with van der Waals surface area (Å²) < 4.78 is 0. The molecule has 6 heteroatoms. The average molecular weight is 388 g/mol. The Morgan fingerprint density at radius 2 is 1.56 bits per heavy atom. The van der Waals surface area contributed by atoms with E-state index in [1.807, 2.05) is 30.3 Å². The van der Waals surface area contributed by atoms with E-state index in [0.717, 1.165) is 31.2 Å². The van der Waals surface area contributed by atoms with Gasteiger partial charge in [-0.1, -0.05) is 37.5 Å². The third-order valence-corrected chi connectivity index (χ3v) is 4.82. The molecule has 5 nitrogen and oxygen atoms in total. The third-order valence-electron chi connectivity index (χ3n) is 4.82. The van der Waals surface area contributed by atoms with Gasteiger partial charge in [-0.25, -0.2) is 0 Å². The molecule has 2 amide bonds. The summed E-state index contributed by atoms with van der Waals surface area (Å²) in [5, 5.41) is 5.84. The normalized spacial score (nSPS) is 14.1. The minimum Gasteiger partial charge on any atom is -0.326 e. The molecule has 0 saturated heterocycles. The first-order valence-electron chi connectivity index (χ1n) is 9.17. The van der Waals surface area contributed by atoms with Crippen molar-refractivity contribution in [3.8, 4) is 0 Å². The number of hydrogen-bond acceptors (Lipinski definition) is 3. The number of halogens is 1. The molecule has 1 aliphatic carbocycles. The SMILES string of the molecule is Cl.NCc1ccc(C(=O)Nc2cccc(NC(=O)C3CCCCC3)c2)cc1. The van der Waals surface area contributed by atoms with Crippen molar-refractivity contribution >= 4 is 35.6 Å². The predicted octanol–water partition coefficient (Wildman–Crippen LogP) is 4.34. The highest BCUT2D eigenvalue weighted by Crippen LogP contribution is 2.25. The molecule has 2 aromatic rings. The van der Waals surface area contributed by atoms with E-state index in [0.29, 0.717) is 23.5 Å². The summed E-state index contributed by atoms with van der Waals surface area (Å²) in [6.45, 7) is 0.449. The Labute approximate surface area is 166 Å². The number of amides is 2. The zero-order valence-corrected chi connectivity index (χ0v) is 16.1. The molecule has 3 rings (SSSR count). The first-order valence-corrected chi connectivity index (χ1v) is 9.17. The zero-order valence-electron chi connectivity index (χ0n) is 15.2. The van der Waals surface area contributed by atoms with Crippen LogP contribution in [-0.2, 0) is 11.3 Å². The maximum Gasteiger partial charge on any atom is 0.255 e. The van der Waals surface area contributed by atoms with E-state index < -0.39 is 0 Å². The minimum absolute atomic E-state index is 0. The number of carbonyl (C=O) groups is 2. The van der Waals surface area contributed by atoms with Gasteiger partial charge in [0.1, 0.15) is 0 Å². The van der Waals surface area contributed by atoms with Gasteiger partial charge in [0.15, 0.2) is 0 Å². The Balaban J connectivity index is 0.00000261. The van der Waals surface area contributed by atoms with Gasteiger partial charge in [-0.3, -0.25) is 9.59 Å². The highest BCUT2D eigenvalue weighted by Gasteiger charge is 2.21. The van der Waals surface area contributed by atoms with Crippen LogP contribution in [0.15, 0.2) is 48.5 Å². The summed E-state index contributed by atoms with van der Waals surface area (Å²) in [6, 6.07) is 14.5. The topological polar surface area (TPSA) is 84.2 Å². The van der Waals surface area contributed by atoms with Crippen LogP contribution in [0.5, 0.6) is 0 Å². The Hall–Kier alpha value is -2.37. The average Bonchev–Trinajstić information content (AvgIpc) is 2.69. The van der Waals surface area contributed by atoms with Gasteiger partial charge in [-0.05, 0) is 48.7 Å². The highest BCUT2D eigenvalue weighted by molar-refractivity contribution is 6.04. The van der Waals surface area contributed by atoms with Crippen LogP contribution in [0.2, 0.25) is 0 Å². The maximum absolute atomic E-state index is 12.4. The largest absolute Gasteiger partial charge is 0.326 e. The summed E-state index contributed by atoms with van der Waals surface area (Å²) in [7, 11) is 0. The Bertz CT molecular complexity index is 771. The fourth-order valence-electron chi connectivity index (χ4n) is 3.28. The van der Waals surface area contributed by atoms with Gasteiger partial charge in [0.05, 0.1) is 0 Å². The molecule has 0 spiro atoms. The fourth-order valence-corrected chi connectivity index (χ4v) is 3.28. The van der Waals surface area contributed by atoms with Gasteiger partial charge in [-0.15, -0.1) is 12.4 Å². The van der Waals surface area contributed by atoms with Crippen molar-refractivity contribution in [3.05, 3.63) is 59.7 Å². The number of carbonyl (C=O) groups excluding carboxylic acids is 2. The first kappa shape index (κ1) is 20.9. The predicted molar refractivity (Wildman–Crippen MR) is 111 cm³/mol. The summed E-state index contributed by atoms with van der Waals surface area (Å²) >= 11 is 0. The van der Waals surface area contributed by atoms with Gasteiger partial charge in [0, 0.05) is 29.4 Å². The molecule has 0 bridgehead atoms. The molecule has 144 valence electrons. The van der Waals surface area contributed by atoms with E-state index >= 15 is 0 Å². The number of hydrogen-bond donors (Lipinski definition) is 3. The van der Waals surface area contributed by atoms with Crippen LogP contribution < -0.4 is 16.4 Å². The second-order valence-corrected chi connectivity index (χ2v) is 6.76. The molecule has 27 heavy (non-hydrogen) atoms. The second kappa shape index (κ2) is 10.1. The van der Waals surface area contributed by atoms with Crippen molar-refractivity contribution in [2.24, 2.45) is 11.7 Å². The standard InChI is InChI=1S/C21H25N3O2.ClH/c22-14-15-9-11-17(12-10-15)21(26)24-19-8-4-7-18(13-19)23-20(25)16-5-2-1-3-6-16;/h4,7-13,16H,1-3,5-6,14,22H2,(H,23,25)(H,24,26);1H. The van der Waals surface area contributed by atoms with E-state index in [-0.39, 0.29) is 30.1 Å². The lowest BCUT2D eigenvalue weighted by molar-refractivity contribution is -0.120. The van der Waals surface area contributed by atoms with Crippen molar-refractivity contribution < 1.29 is 9.59 Å². The van der Waals surface area contributed by atoms with Gasteiger partial charge < -0.3 is 16.4 Å². The summed E-state index contributed by atoms with van der Waals surface area (Å²) in [5.74, 6) is -0.0158. The molecule has 0 heterocycles. The number of rotatable bonds is 5. The van der Waals surface area contributed by atoms with E-state index in [1.54, 1.807) is 18.2 Å². The van der Waals surface area contributed by atoms with E-state index in [1.165, 1.54) is 6.42 Å². The summed E-state index contributed by atoms with van der Waals surface area (Å²) in [4.78, 5) is 24.7. The molecule has 0 aromatic heterocycles. The van der Waals surface area contributed by atoms with Crippen LogP contribution in [0.1, 0.15) is 48.0 Å². The van der Waals surface area contributed by atoms with Crippen LogP contribution in [-0.4, -0.2) is 11.8 Å². The Kier molecular flexibility index (Phi) is 7.82. The molecule has 0 aliphatic heterocycles. The van der Waals surface area contributed by atoms with Gasteiger partial charge in [-0.2, -0.15) is 0 Å². The summed E-state index contributed by atoms with van der Waals surface area (Å²) in [5.41, 5.74) is 8.48. The number of nitrogens with one attached hydrogen (secondary N) is 2. The number of benzene rings is 2. The number of anilines is 2. The minimum atomic E-state index is -0.190. The molecule has 0 radical (unpaired) electrons. The lowest BCUT2D eigenvalue weighted by atomic mass is 9.88. The Morgan fingerprint density at radius 1 is 0.926 bits per heavy atom. The van der Waals surface area contributed by atoms with Crippen molar-refractivity contribution in [2.45, 2.75) is 38.6 Å².